The molecule has 0 aliphatic heterocycles. The number of carbonyl (C=O) groups excluding carboxylic acids is 1. The van der Waals surface area contributed by atoms with Gasteiger partial charge in [-0.3, -0.25) is 4.79 Å². The molecule has 0 saturated heterocycles. The Morgan fingerprint density at radius 2 is 1.73 bits per heavy atom. The van der Waals surface area contributed by atoms with Crippen LogP contribution in [0.3, 0.4) is 0 Å². The van der Waals surface area contributed by atoms with Crippen LogP contribution in [0.25, 0.3) is 0 Å². The van der Waals surface area contributed by atoms with Crippen molar-refractivity contribution >= 4 is 5.91 Å². The Morgan fingerprint density at radius 3 is 2.27 bits per heavy atom. The maximum absolute atomic E-state index is 11.0. The lowest BCUT2D eigenvalue weighted by Crippen LogP contribution is -2.21. The molecule has 0 spiro atoms. The van der Waals surface area contributed by atoms with Crippen LogP contribution in [0.1, 0.15) is 34.7 Å². The zero-order valence-corrected chi connectivity index (χ0v) is 13.0. The van der Waals surface area contributed by atoms with Crippen LogP contribution < -0.4 is 16.2 Å². The van der Waals surface area contributed by atoms with E-state index in [1.165, 1.54) is 0 Å². The summed E-state index contributed by atoms with van der Waals surface area (Å²) in [6, 6.07) is 13.6. The van der Waals surface area contributed by atoms with Crippen molar-refractivity contribution in [1.82, 2.24) is 0 Å². The van der Waals surface area contributed by atoms with Gasteiger partial charge >= 0.3 is 0 Å². The number of aryl methyl sites for hydroxylation is 2. The summed E-state index contributed by atoms with van der Waals surface area (Å²) in [5.74, 6) is 0.464. The SMILES string of the molecule is Cc1cc(C(N)CC(N)=O)cc(C)c1OCc1ccccc1. The van der Waals surface area contributed by atoms with Gasteiger partial charge in [-0.25, -0.2) is 0 Å². The van der Waals surface area contributed by atoms with E-state index in [0.717, 1.165) is 28.0 Å². The maximum atomic E-state index is 11.0. The molecule has 4 heteroatoms. The molecule has 1 atom stereocenters. The van der Waals surface area contributed by atoms with Gasteiger partial charge in [0.15, 0.2) is 0 Å². The fourth-order valence-corrected chi connectivity index (χ4v) is 2.49. The molecule has 2 aromatic rings. The zero-order valence-electron chi connectivity index (χ0n) is 13.0. The molecule has 1 amide bonds. The summed E-state index contributed by atoms with van der Waals surface area (Å²) in [6.45, 7) is 4.48. The second-order valence-corrected chi connectivity index (χ2v) is 5.54. The maximum Gasteiger partial charge on any atom is 0.219 e. The lowest BCUT2D eigenvalue weighted by Gasteiger charge is -2.17. The van der Waals surface area contributed by atoms with E-state index in [0.29, 0.717) is 6.61 Å². The monoisotopic (exact) mass is 298 g/mol. The molecule has 0 heterocycles. The van der Waals surface area contributed by atoms with Gasteiger partial charge in [-0.05, 0) is 36.1 Å². The Labute approximate surface area is 131 Å². The standard InChI is InChI=1S/C18H22N2O2/c1-12-8-15(16(19)10-17(20)21)9-13(2)18(12)22-11-14-6-4-3-5-7-14/h3-9,16H,10-11,19H2,1-2H3,(H2,20,21). The molecule has 2 aromatic carbocycles. The first-order chi connectivity index (χ1) is 10.5. The number of amides is 1. The topological polar surface area (TPSA) is 78.3 Å². The molecular weight excluding hydrogens is 276 g/mol. The van der Waals surface area contributed by atoms with Gasteiger partial charge in [0.05, 0.1) is 0 Å². The third-order valence-electron chi connectivity index (χ3n) is 3.56. The van der Waals surface area contributed by atoms with Crippen LogP contribution >= 0.6 is 0 Å². The van der Waals surface area contributed by atoms with Crippen LogP contribution in [0.4, 0.5) is 0 Å². The van der Waals surface area contributed by atoms with Gasteiger partial charge in [0, 0.05) is 12.5 Å². The molecule has 4 nitrogen and oxygen atoms in total. The molecule has 116 valence electrons. The largest absolute Gasteiger partial charge is 0.488 e. The van der Waals surface area contributed by atoms with Crippen LogP contribution in [-0.2, 0) is 11.4 Å². The highest BCUT2D eigenvalue weighted by molar-refractivity contribution is 5.74. The molecule has 0 bridgehead atoms. The second kappa shape index (κ2) is 7.09. The Kier molecular flexibility index (Phi) is 5.17. The summed E-state index contributed by atoms with van der Waals surface area (Å²) >= 11 is 0. The van der Waals surface area contributed by atoms with Crippen molar-refractivity contribution < 1.29 is 9.53 Å². The third-order valence-corrected chi connectivity index (χ3v) is 3.56. The normalized spacial score (nSPS) is 12.0. The van der Waals surface area contributed by atoms with Crippen molar-refractivity contribution in [3.63, 3.8) is 0 Å². The van der Waals surface area contributed by atoms with Crippen molar-refractivity contribution in [2.24, 2.45) is 11.5 Å². The van der Waals surface area contributed by atoms with Crippen LogP contribution in [0.2, 0.25) is 0 Å². The molecule has 0 saturated carbocycles. The lowest BCUT2D eigenvalue weighted by atomic mass is 9.98. The minimum absolute atomic E-state index is 0.142. The number of primary amides is 1. The molecule has 0 aliphatic carbocycles. The highest BCUT2D eigenvalue weighted by atomic mass is 16.5. The predicted octanol–water partition coefficient (Wildman–Crippen LogP) is 2.76. The van der Waals surface area contributed by atoms with E-state index in [1.807, 2.05) is 56.3 Å². The van der Waals surface area contributed by atoms with Gasteiger partial charge in [-0.15, -0.1) is 0 Å². The molecule has 4 N–H and O–H groups in total. The average Bonchev–Trinajstić information content (AvgIpc) is 2.46. The summed E-state index contributed by atoms with van der Waals surface area (Å²) in [4.78, 5) is 11.0. The highest BCUT2D eigenvalue weighted by Crippen LogP contribution is 2.28. The second-order valence-electron chi connectivity index (χ2n) is 5.54. The zero-order chi connectivity index (χ0) is 16.1. The van der Waals surface area contributed by atoms with E-state index in [4.69, 9.17) is 16.2 Å². The van der Waals surface area contributed by atoms with Crippen LogP contribution in [-0.4, -0.2) is 5.91 Å². The van der Waals surface area contributed by atoms with Crippen molar-refractivity contribution in [3.05, 3.63) is 64.7 Å². The van der Waals surface area contributed by atoms with Crippen LogP contribution in [0.15, 0.2) is 42.5 Å². The molecule has 0 aromatic heterocycles. The summed E-state index contributed by atoms with van der Waals surface area (Å²) in [7, 11) is 0. The quantitative estimate of drug-likeness (QED) is 0.860. The molecule has 2 rings (SSSR count). The van der Waals surface area contributed by atoms with Gasteiger partial charge in [0.2, 0.25) is 5.91 Å². The number of carbonyl (C=O) groups is 1. The van der Waals surface area contributed by atoms with Crippen molar-refractivity contribution in [3.8, 4) is 5.75 Å². The van der Waals surface area contributed by atoms with Crippen molar-refractivity contribution in [1.29, 1.82) is 0 Å². The van der Waals surface area contributed by atoms with Crippen molar-refractivity contribution in [2.75, 3.05) is 0 Å². The molecule has 0 fully saturated rings. The molecule has 0 aliphatic rings. The molecule has 22 heavy (non-hydrogen) atoms. The number of hydrogen-bond acceptors (Lipinski definition) is 3. The highest BCUT2D eigenvalue weighted by Gasteiger charge is 2.13. The van der Waals surface area contributed by atoms with Crippen LogP contribution in [0, 0.1) is 13.8 Å². The average molecular weight is 298 g/mol. The summed E-state index contributed by atoms with van der Waals surface area (Å²) in [5.41, 5.74) is 15.2. The number of rotatable bonds is 6. The van der Waals surface area contributed by atoms with Gasteiger partial charge in [0.1, 0.15) is 12.4 Å². The van der Waals surface area contributed by atoms with Gasteiger partial charge < -0.3 is 16.2 Å². The Bertz CT molecular complexity index is 630. The minimum atomic E-state index is -0.396. The summed E-state index contributed by atoms with van der Waals surface area (Å²) in [5, 5.41) is 0. The number of nitrogens with two attached hydrogens (primary N) is 2. The lowest BCUT2D eigenvalue weighted by molar-refractivity contribution is -0.118. The van der Waals surface area contributed by atoms with E-state index < -0.39 is 5.91 Å². The minimum Gasteiger partial charge on any atom is -0.488 e. The molecule has 0 radical (unpaired) electrons. The smallest absolute Gasteiger partial charge is 0.219 e. The number of ether oxygens (including phenoxy) is 1. The first-order valence-electron chi connectivity index (χ1n) is 7.29. The fourth-order valence-electron chi connectivity index (χ4n) is 2.49. The number of hydrogen-bond donors (Lipinski definition) is 2. The van der Waals surface area contributed by atoms with E-state index in [1.54, 1.807) is 0 Å². The van der Waals surface area contributed by atoms with Crippen LogP contribution in [0.5, 0.6) is 5.75 Å². The molecule has 1 unspecified atom stereocenters. The Morgan fingerprint density at radius 1 is 1.14 bits per heavy atom. The van der Waals surface area contributed by atoms with E-state index in [-0.39, 0.29) is 12.5 Å². The predicted molar refractivity (Wildman–Crippen MR) is 87.4 cm³/mol. The third kappa shape index (κ3) is 4.09. The van der Waals surface area contributed by atoms with Crippen molar-refractivity contribution in [2.45, 2.75) is 32.9 Å². The van der Waals surface area contributed by atoms with Gasteiger partial charge in [-0.1, -0.05) is 42.5 Å². The number of benzene rings is 2. The Hall–Kier alpha value is -2.33. The first kappa shape index (κ1) is 16.0. The van der Waals surface area contributed by atoms with E-state index >= 15 is 0 Å². The first-order valence-corrected chi connectivity index (χ1v) is 7.29. The summed E-state index contributed by atoms with van der Waals surface area (Å²) in [6.07, 6.45) is 0.142. The van der Waals surface area contributed by atoms with E-state index in [2.05, 4.69) is 0 Å². The van der Waals surface area contributed by atoms with E-state index in [9.17, 15) is 4.79 Å². The Balaban J connectivity index is 2.14. The van der Waals surface area contributed by atoms with Gasteiger partial charge in [-0.2, -0.15) is 0 Å². The molecular formula is C18H22N2O2. The fraction of sp³-hybridized carbons (Fsp3) is 0.278. The van der Waals surface area contributed by atoms with Gasteiger partial charge in [0.25, 0.3) is 0 Å². The summed E-state index contributed by atoms with van der Waals surface area (Å²) < 4.78 is 5.94.